The first-order valence-electron chi connectivity index (χ1n) is 8.70. The average molecular weight is 587 g/mol. The molecule has 0 unspecified atom stereocenters. The van der Waals surface area contributed by atoms with Gasteiger partial charge in [0.05, 0.1) is 13.7 Å². The molecular formula is C21H19I2NO3. The molecule has 3 rings (SSSR count). The summed E-state index contributed by atoms with van der Waals surface area (Å²) in [4.78, 5) is 16.7. The van der Waals surface area contributed by atoms with Crippen LogP contribution in [-0.4, -0.2) is 18.5 Å². The molecule has 4 nitrogen and oxygen atoms in total. The summed E-state index contributed by atoms with van der Waals surface area (Å²) < 4.78 is 13.3. The van der Waals surface area contributed by atoms with E-state index in [-0.39, 0.29) is 0 Å². The molecule has 0 fully saturated rings. The van der Waals surface area contributed by atoms with Crippen LogP contribution in [0.25, 0.3) is 6.08 Å². The van der Waals surface area contributed by atoms with Crippen LogP contribution in [0, 0.1) is 14.1 Å². The van der Waals surface area contributed by atoms with Crippen LogP contribution in [0.1, 0.15) is 36.5 Å². The summed E-state index contributed by atoms with van der Waals surface area (Å²) in [7, 11) is 0. The van der Waals surface area contributed by atoms with Gasteiger partial charge in [-0.2, -0.15) is 0 Å². The molecule has 0 aromatic heterocycles. The molecule has 140 valence electrons. The van der Waals surface area contributed by atoms with Crippen molar-refractivity contribution in [2.45, 2.75) is 26.7 Å². The molecule has 1 aliphatic rings. The molecular weight excluding hydrogens is 568 g/mol. The number of hydrogen-bond acceptors (Lipinski definition) is 4. The van der Waals surface area contributed by atoms with Gasteiger partial charge in [-0.25, -0.2) is 9.79 Å². The van der Waals surface area contributed by atoms with Crippen LogP contribution in [0.4, 0.5) is 0 Å². The second kappa shape index (κ2) is 9.18. The van der Waals surface area contributed by atoms with Crippen molar-refractivity contribution >= 4 is 63.1 Å². The maximum Gasteiger partial charge on any atom is 0.363 e. The monoisotopic (exact) mass is 587 g/mol. The highest BCUT2D eigenvalue weighted by atomic mass is 127. The number of halogens is 2. The highest BCUT2D eigenvalue weighted by molar-refractivity contribution is 14.1. The van der Waals surface area contributed by atoms with Crippen LogP contribution in [-0.2, 0) is 9.53 Å². The van der Waals surface area contributed by atoms with E-state index in [1.165, 1.54) is 0 Å². The van der Waals surface area contributed by atoms with Gasteiger partial charge in [0.15, 0.2) is 5.70 Å². The number of esters is 1. The normalized spacial score (nSPS) is 15.0. The van der Waals surface area contributed by atoms with Gasteiger partial charge in [-0.05, 0) is 93.9 Å². The Kier molecular flexibility index (Phi) is 6.91. The van der Waals surface area contributed by atoms with Crippen LogP contribution in [0.2, 0.25) is 0 Å². The van der Waals surface area contributed by atoms with Gasteiger partial charge in [-0.1, -0.05) is 31.5 Å². The van der Waals surface area contributed by atoms with Crippen molar-refractivity contribution in [3.05, 3.63) is 65.9 Å². The zero-order valence-corrected chi connectivity index (χ0v) is 19.4. The molecule has 2 aromatic carbocycles. The Bertz CT molecular complexity index is 912. The average Bonchev–Trinajstić information content (AvgIpc) is 2.98. The molecule has 0 saturated heterocycles. The zero-order valence-electron chi connectivity index (χ0n) is 15.1. The van der Waals surface area contributed by atoms with Gasteiger partial charge in [0.1, 0.15) is 5.75 Å². The van der Waals surface area contributed by atoms with Gasteiger partial charge < -0.3 is 9.47 Å². The van der Waals surface area contributed by atoms with E-state index in [0.717, 1.165) is 42.4 Å². The lowest BCUT2D eigenvalue weighted by Crippen LogP contribution is -2.06. The van der Waals surface area contributed by atoms with Crippen molar-refractivity contribution in [1.82, 2.24) is 0 Å². The number of hydrogen-bond donors (Lipinski definition) is 0. The van der Waals surface area contributed by atoms with E-state index >= 15 is 0 Å². The zero-order chi connectivity index (χ0) is 19.4. The van der Waals surface area contributed by atoms with Crippen LogP contribution in [0.5, 0.6) is 5.75 Å². The predicted octanol–water partition coefficient (Wildman–Crippen LogP) is 5.73. The first-order chi connectivity index (χ1) is 13.0. The van der Waals surface area contributed by atoms with Crippen molar-refractivity contribution < 1.29 is 14.3 Å². The molecule has 27 heavy (non-hydrogen) atoms. The molecule has 0 N–H and O–H groups in total. The fraction of sp³-hybridized carbons (Fsp3) is 0.238. The van der Waals surface area contributed by atoms with E-state index in [1.807, 2.05) is 43.3 Å². The number of unbranched alkanes of at least 4 members (excludes halogenated alkanes) is 1. The van der Waals surface area contributed by atoms with Crippen LogP contribution < -0.4 is 4.74 Å². The van der Waals surface area contributed by atoms with Crippen LogP contribution in [0.3, 0.4) is 0 Å². The fourth-order valence-corrected chi connectivity index (χ4v) is 4.74. The Labute approximate surface area is 186 Å². The van der Waals surface area contributed by atoms with Crippen molar-refractivity contribution in [2.24, 2.45) is 4.99 Å². The summed E-state index contributed by atoms with van der Waals surface area (Å²) in [6, 6.07) is 11.7. The smallest absolute Gasteiger partial charge is 0.363 e. The third-order valence-corrected chi connectivity index (χ3v) is 5.67. The largest absolute Gasteiger partial charge is 0.491 e. The first-order valence-corrected chi connectivity index (χ1v) is 10.9. The SMILES string of the molecule is CCCCOc1c(I)cc(/C=C2\N=C(c3ccccc3C)OC2=O)cc1I. The molecule has 0 saturated carbocycles. The summed E-state index contributed by atoms with van der Waals surface area (Å²) in [5.74, 6) is 0.819. The lowest BCUT2D eigenvalue weighted by Gasteiger charge is -2.11. The molecule has 0 bridgehead atoms. The minimum atomic E-state index is -0.429. The summed E-state index contributed by atoms with van der Waals surface area (Å²) in [6.07, 6.45) is 3.88. The number of carbonyl (C=O) groups is 1. The van der Waals surface area contributed by atoms with Crippen LogP contribution in [0.15, 0.2) is 47.1 Å². The highest BCUT2D eigenvalue weighted by Gasteiger charge is 2.25. The molecule has 0 spiro atoms. The minimum absolute atomic E-state index is 0.305. The van der Waals surface area contributed by atoms with Gasteiger partial charge in [-0.3, -0.25) is 0 Å². The second-order valence-corrected chi connectivity index (χ2v) is 8.49. The quantitative estimate of drug-likeness (QED) is 0.188. The van der Waals surface area contributed by atoms with Gasteiger partial charge in [0.25, 0.3) is 0 Å². The summed E-state index contributed by atoms with van der Waals surface area (Å²) >= 11 is 4.52. The van der Waals surface area contributed by atoms with E-state index in [2.05, 4.69) is 57.1 Å². The number of rotatable bonds is 6. The van der Waals surface area contributed by atoms with Gasteiger partial charge in [0.2, 0.25) is 5.90 Å². The standard InChI is InChI=1S/C21H19I2NO3/c1-3-4-9-26-19-16(22)10-14(11-17(19)23)12-18-21(25)27-20(24-18)15-8-6-5-7-13(15)2/h5-8,10-12H,3-4,9H2,1-2H3/b18-12-. The molecule has 0 radical (unpaired) electrons. The van der Waals surface area contributed by atoms with Gasteiger partial charge in [0, 0.05) is 5.56 Å². The van der Waals surface area contributed by atoms with Gasteiger partial charge in [-0.15, -0.1) is 0 Å². The van der Waals surface area contributed by atoms with E-state index < -0.39 is 5.97 Å². The minimum Gasteiger partial charge on any atom is -0.491 e. The van der Waals surface area contributed by atoms with E-state index in [0.29, 0.717) is 18.2 Å². The van der Waals surface area contributed by atoms with E-state index in [1.54, 1.807) is 6.08 Å². The summed E-state index contributed by atoms with van der Waals surface area (Å²) in [6.45, 7) is 4.82. The number of cyclic esters (lactones) is 1. The molecule has 0 atom stereocenters. The number of carbonyl (C=O) groups excluding carboxylic acids is 1. The Balaban J connectivity index is 1.88. The second-order valence-electron chi connectivity index (χ2n) is 6.17. The number of benzene rings is 2. The molecule has 0 aliphatic carbocycles. The highest BCUT2D eigenvalue weighted by Crippen LogP contribution is 2.31. The Hall–Kier alpha value is -1.42. The third kappa shape index (κ3) is 4.90. The topological polar surface area (TPSA) is 47.9 Å². The van der Waals surface area contributed by atoms with Crippen molar-refractivity contribution in [3.63, 3.8) is 0 Å². The Morgan fingerprint density at radius 3 is 2.56 bits per heavy atom. The number of aliphatic imine (C=N–C) groups is 1. The maximum absolute atomic E-state index is 12.3. The maximum atomic E-state index is 12.3. The Morgan fingerprint density at radius 2 is 1.89 bits per heavy atom. The van der Waals surface area contributed by atoms with E-state index in [9.17, 15) is 4.79 Å². The predicted molar refractivity (Wildman–Crippen MR) is 124 cm³/mol. The summed E-state index contributed by atoms with van der Waals surface area (Å²) in [5, 5.41) is 0. The molecule has 6 heteroatoms. The lowest BCUT2D eigenvalue weighted by atomic mass is 10.1. The van der Waals surface area contributed by atoms with Crippen molar-refractivity contribution in [1.29, 1.82) is 0 Å². The van der Waals surface area contributed by atoms with Gasteiger partial charge >= 0.3 is 5.97 Å². The number of aryl methyl sites for hydroxylation is 1. The first kappa shape index (κ1) is 20.3. The fourth-order valence-electron chi connectivity index (χ4n) is 2.61. The summed E-state index contributed by atoms with van der Waals surface area (Å²) in [5.41, 5.74) is 3.05. The molecule has 2 aromatic rings. The third-order valence-electron chi connectivity index (χ3n) is 4.06. The van der Waals surface area contributed by atoms with Crippen molar-refractivity contribution in [3.8, 4) is 5.75 Å². The van der Waals surface area contributed by atoms with E-state index in [4.69, 9.17) is 9.47 Å². The lowest BCUT2D eigenvalue weighted by molar-refractivity contribution is -0.129. The number of nitrogens with zero attached hydrogens (tertiary/aromatic N) is 1. The Morgan fingerprint density at radius 1 is 1.19 bits per heavy atom. The molecule has 1 aliphatic heterocycles. The van der Waals surface area contributed by atoms with Crippen LogP contribution >= 0.6 is 45.2 Å². The number of ether oxygens (including phenoxy) is 2. The van der Waals surface area contributed by atoms with Crippen molar-refractivity contribution in [2.75, 3.05) is 6.61 Å². The molecule has 0 amide bonds. The molecule has 1 heterocycles.